The Morgan fingerprint density at radius 1 is 1.54 bits per heavy atom. The highest BCUT2D eigenvalue weighted by Gasteiger charge is 2.18. The first-order valence-electron chi connectivity index (χ1n) is 4.34. The number of anilines is 1. The number of benzene rings is 1. The van der Waals surface area contributed by atoms with Crippen LogP contribution in [0.3, 0.4) is 0 Å². The summed E-state index contributed by atoms with van der Waals surface area (Å²) in [6.45, 7) is 1.07. The maximum Gasteiger partial charge on any atom is 0.101 e. The second-order valence-corrected chi connectivity index (χ2v) is 3.25. The molecule has 13 heavy (non-hydrogen) atoms. The van der Waals surface area contributed by atoms with Crippen molar-refractivity contribution in [1.82, 2.24) is 5.32 Å². The SMILES string of the molecule is N#Cc1cc([C@H]2CCN2)ccc1N. The zero-order chi connectivity index (χ0) is 9.26. The summed E-state index contributed by atoms with van der Waals surface area (Å²) in [5, 5.41) is 12.0. The molecule has 1 saturated heterocycles. The van der Waals surface area contributed by atoms with Gasteiger partial charge >= 0.3 is 0 Å². The number of rotatable bonds is 1. The topological polar surface area (TPSA) is 61.8 Å². The van der Waals surface area contributed by atoms with Crippen molar-refractivity contribution in [2.75, 3.05) is 12.3 Å². The summed E-state index contributed by atoms with van der Waals surface area (Å²) in [7, 11) is 0. The quantitative estimate of drug-likeness (QED) is 0.627. The first-order chi connectivity index (χ1) is 6.31. The fourth-order valence-electron chi connectivity index (χ4n) is 1.46. The van der Waals surface area contributed by atoms with Crippen LogP contribution in [0.25, 0.3) is 0 Å². The van der Waals surface area contributed by atoms with Gasteiger partial charge in [-0.2, -0.15) is 5.26 Å². The summed E-state index contributed by atoms with van der Waals surface area (Å²) in [5.74, 6) is 0. The number of hydrogen-bond donors (Lipinski definition) is 2. The van der Waals surface area contributed by atoms with E-state index in [2.05, 4.69) is 11.4 Å². The van der Waals surface area contributed by atoms with Crippen LogP contribution in [-0.4, -0.2) is 6.54 Å². The van der Waals surface area contributed by atoms with Gasteiger partial charge in [0.05, 0.1) is 5.56 Å². The Balaban J connectivity index is 2.33. The fourth-order valence-corrected chi connectivity index (χ4v) is 1.46. The lowest BCUT2D eigenvalue weighted by Gasteiger charge is -2.28. The van der Waals surface area contributed by atoms with Crippen LogP contribution in [0.2, 0.25) is 0 Å². The molecule has 0 spiro atoms. The molecule has 1 aliphatic heterocycles. The van der Waals surface area contributed by atoms with Gasteiger partial charge in [-0.05, 0) is 30.7 Å². The zero-order valence-electron chi connectivity index (χ0n) is 7.25. The molecule has 1 fully saturated rings. The van der Waals surface area contributed by atoms with Gasteiger partial charge in [-0.1, -0.05) is 6.07 Å². The second-order valence-electron chi connectivity index (χ2n) is 3.25. The molecule has 0 bridgehead atoms. The minimum absolute atomic E-state index is 0.424. The molecule has 0 amide bonds. The van der Waals surface area contributed by atoms with E-state index in [9.17, 15) is 0 Å². The number of hydrogen-bond acceptors (Lipinski definition) is 3. The normalized spacial score (nSPS) is 20.4. The molecule has 1 aliphatic rings. The van der Waals surface area contributed by atoms with E-state index in [1.54, 1.807) is 6.07 Å². The summed E-state index contributed by atoms with van der Waals surface area (Å²) in [6, 6.07) is 8.16. The summed E-state index contributed by atoms with van der Waals surface area (Å²) in [4.78, 5) is 0. The maximum atomic E-state index is 8.76. The molecule has 0 unspecified atom stereocenters. The molecule has 1 heterocycles. The Bertz CT molecular complexity index is 361. The average Bonchev–Trinajstić information content (AvgIpc) is 2.05. The molecular formula is C10H11N3. The van der Waals surface area contributed by atoms with Gasteiger partial charge in [0, 0.05) is 11.7 Å². The monoisotopic (exact) mass is 173 g/mol. The lowest BCUT2D eigenvalue weighted by molar-refractivity contribution is 0.383. The number of nitrogens with zero attached hydrogens (tertiary/aromatic N) is 1. The Morgan fingerprint density at radius 3 is 2.85 bits per heavy atom. The van der Waals surface area contributed by atoms with Crippen molar-refractivity contribution < 1.29 is 0 Å². The van der Waals surface area contributed by atoms with Crippen LogP contribution in [0.15, 0.2) is 18.2 Å². The van der Waals surface area contributed by atoms with Gasteiger partial charge in [-0.15, -0.1) is 0 Å². The molecular weight excluding hydrogens is 162 g/mol. The van der Waals surface area contributed by atoms with Crippen molar-refractivity contribution in [2.45, 2.75) is 12.5 Å². The summed E-state index contributed by atoms with van der Waals surface area (Å²) < 4.78 is 0. The average molecular weight is 173 g/mol. The lowest BCUT2D eigenvalue weighted by atomic mass is 9.96. The highest BCUT2D eigenvalue weighted by molar-refractivity contribution is 5.55. The van der Waals surface area contributed by atoms with E-state index in [1.165, 1.54) is 0 Å². The van der Waals surface area contributed by atoms with Gasteiger partial charge < -0.3 is 11.1 Å². The third-order valence-corrected chi connectivity index (χ3v) is 2.42. The van der Waals surface area contributed by atoms with Crippen LogP contribution in [-0.2, 0) is 0 Å². The van der Waals surface area contributed by atoms with Gasteiger partial charge in [0.25, 0.3) is 0 Å². The van der Waals surface area contributed by atoms with Gasteiger partial charge in [0.15, 0.2) is 0 Å². The van der Waals surface area contributed by atoms with E-state index in [-0.39, 0.29) is 0 Å². The lowest BCUT2D eigenvalue weighted by Crippen LogP contribution is -2.34. The molecule has 1 aromatic carbocycles. The highest BCUT2D eigenvalue weighted by atomic mass is 15.0. The molecule has 66 valence electrons. The zero-order valence-corrected chi connectivity index (χ0v) is 7.25. The first-order valence-corrected chi connectivity index (χ1v) is 4.34. The van der Waals surface area contributed by atoms with E-state index in [4.69, 9.17) is 11.0 Å². The molecule has 1 aromatic rings. The van der Waals surface area contributed by atoms with Crippen LogP contribution in [0, 0.1) is 11.3 Å². The largest absolute Gasteiger partial charge is 0.398 e. The Hall–Kier alpha value is -1.53. The first kappa shape index (κ1) is 8.09. The third kappa shape index (κ3) is 1.36. The number of nitriles is 1. The van der Waals surface area contributed by atoms with Crippen LogP contribution >= 0.6 is 0 Å². The van der Waals surface area contributed by atoms with Crippen LogP contribution in [0.4, 0.5) is 5.69 Å². The van der Waals surface area contributed by atoms with E-state index >= 15 is 0 Å². The number of nitrogens with one attached hydrogen (secondary N) is 1. The maximum absolute atomic E-state index is 8.76. The van der Waals surface area contributed by atoms with Crippen molar-refractivity contribution >= 4 is 5.69 Å². The third-order valence-electron chi connectivity index (χ3n) is 2.42. The van der Waals surface area contributed by atoms with E-state index in [0.717, 1.165) is 18.5 Å². The van der Waals surface area contributed by atoms with Gasteiger partial charge in [0.2, 0.25) is 0 Å². The molecule has 1 atom stereocenters. The Labute approximate surface area is 77.2 Å². The standard InChI is InChI=1S/C10H11N3/c11-6-8-5-7(1-2-9(8)12)10-3-4-13-10/h1-2,5,10,13H,3-4,12H2/t10-/m1/s1. The minimum atomic E-state index is 0.424. The van der Waals surface area contributed by atoms with Crippen LogP contribution in [0.5, 0.6) is 0 Å². The van der Waals surface area contributed by atoms with Crippen molar-refractivity contribution in [3.8, 4) is 6.07 Å². The van der Waals surface area contributed by atoms with Crippen molar-refractivity contribution in [2.24, 2.45) is 0 Å². The van der Waals surface area contributed by atoms with E-state index < -0.39 is 0 Å². The van der Waals surface area contributed by atoms with Crippen molar-refractivity contribution in [1.29, 1.82) is 5.26 Å². The molecule has 3 nitrogen and oxygen atoms in total. The number of nitrogens with two attached hydrogens (primary N) is 1. The summed E-state index contributed by atoms with van der Waals surface area (Å²) >= 11 is 0. The molecule has 0 aromatic heterocycles. The van der Waals surface area contributed by atoms with Crippen molar-refractivity contribution in [3.05, 3.63) is 29.3 Å². The molecule has 3 heteroatoms. The molecule has 2 rings (SSSR count). The van der Waals surface area contributed by atoms with E-state index in [0.29, 0.717) is 17.3 Å². The fraction of sp³-hybridized carbons (Fsp3) is 0.300. The Morgan fingerprint density at radius 2 is 2.31 bits per heavy atom. The van der Waals surface area contributed by atoms with Crippen LogP contribution < -0.4 is 11.1 Å². The van der Waals surface area contributed by atoms with E-state index in [1.807, 2.05) is 12.1 Å². The number of nitrogen functional groups attached to an aromatic ring is 1. The van der Waals surface area contributed by atoms with Crippen molar-refractivity contribution in [3.63, 3.8) is 0 Å². The highest BCUT2D eigenvalue weighted by Crippen LogP contribution is 2.25. The minimum Gasteiger partial charge on any atom is -0.398 e. The molecule has 0 aliphatic carbocycles. The van der Waals surface area contributed by atoms with Gasteiger partial charge in [-0.25, -0.2) is 0 Å². The van der Waals surface area contributed by atoms with Crippen LogP contribution in [0.1, 0.15) is 23.6 Å². The van der Waals surface area contributed by atoms with Gasteiger partial charge in [-0.3, -0.25) is 0 Å². The van der Waals surface area contributed by atoms with Gasteiger partial charge in [0.1, 0.15) is 6.07 Å². The predicted molar refractivity (Wildman–Crippen MR) is 50.9 cm³/mol. The summed E-state index contributed by atoms with van der Waals surface area (Å²) in [5.41, 5.74) is 7.92. The smallest absolute Gasteiger partial charge is 0.101 e. The molecule has 0 radical (unpaired) electrons. The summed E-state index contributed by atoms with van der Waals surface area (Å²) in [6.07, 6.45) is 1.15. The second kappa shape index (κ2) is 3.08. The molecule has 3 N–H and O–H groups in total. The Kier molecular flexibility index (Phi) is 1.91. The predicted octanol–water partition coefficient (Wildman–Crippen LogP) is 1.17. The molecule has 0 saturated carbocycles.